The van der Waals surface area contributed by atoms with Gasteiger partial charge in [-0.2, -0.15) is 9.61 Å². The van der Waals surface area contributed by atoms with Crippen LogP contribution < -0.4 is 4.90 Å². The van der Waals surface area contributed by atoms with Crippen molar-refractivity contribution in [2.45, 2.75) is 19.3 Å². The molecule has 2 aromatic heterocycles. The minimum absolute atomic E-state index is 0.866. The minimum atomic E-state index is 0.866. The molecule has 5 nitrogen and oxygen atoms in total. The van der Waals surface area contributed by atoms with Crippen LogP contribution in [0, 0.1) is 0 Å². The molecule has 15 heavy (non-hydrogen) atoms. The van der Waals surface area contributed by atoms with Crippen LogP contribution in [0.5, 0.6) is 0 Å². The van der Waals surface area contributed by atoms with Crippen LogP contribution in [0.25, 0.3) is 5.65 Å². The fourth-order valence-electron chi connectivity index (χ4n) is 2.05. The minimum Gasteiger partial charge on any atom is -0.341 e. The van der Waals surface area contributed by atoms with E-state index < -0.39 is 0 Å². The van der Waals surface area contributed by atoms with Crippen LogP contribution in [0.3, 0.4) is 0 Å². The van der Waals surface area contributed by atoms with E-state index in [1.54, 1.807) is 12.5 Å². The molecular formula is C10H13N5. The van der Waals surface area contributed by atoms with Gasteiger partial charge < -0.3 is 4.90 Å². The first-order valence-electron chi connectivity index (χ1n) is 5.35. The Morgan fingerprint density at radius 1 is 1.07 bits per heavy atom. The van der Waals surface area contributed by atoms with Crippen molar-refractivity contribution >= 4 is 11.6 Å². The molecule has 1 fully saturated rings. The Hall–Kier alpha value is -1.65. The summed E-state index contributed by atoms with van der Waals surface area (Å²) < 4.78 is 1.81. The van der Waals surface area contributed by atoms with E-state index in [1.165, 1.54) is 19.3 Å². The van der Waals surface area contributed by atoms with Crippen LogP contribution in [-0.2, 0) is 0 Å². The number of anilines is 1. The lowest BCUT2D eigenvalue weighted by Crippen LogP contribution is -2.32. The molecule has 1 aliphatic heterocycles. The largest absolute Gasteiger partial charge is 0.341 e. The number of aromatic nitrogens is 4. The molecular weight excluding hydrogens is 190 g/mol. The fourth-order valence-corrected chi connectivity index (χ4v) is 2.05. The van der Waals surface area contributed by atoms with E-state index in [9.17, 15) is 0 Å². The molecule has 1 saturated heterocycles. The van der Waals surface area contributed by atoms with Crippen molar-refractivity contribution in [3.63, 3.8) is 0 Å². The molecule has 5 heteroatoms. The average Bonchev–Trinajstić information content (AvgIpc) is 2.78. The molecule has 1 aliphatic rings. The highest BCUT2D eigenvalue weighted by atomic mass is 15.4. The maximum atomic E-state index is 4.32. The summed E-state index contributed by atoms with van der Waals surface area (Å²) in [6.07, 6.45) is 7.18. The van der Waals surface area contributed by atoms with Crippen LogP contribution in [0.4, 0.5) is 5.95 Å². The molecule has 0 spiro atoms. The third-order valence-corrected chi connectivity index (χ3v) is 2.81. The molecule has 3 heterocycles. The summed E-state index contributed by atoms with van der Waals surface area (Å²) in [5, 5.41) is 4.24. The normalized spacial score (nSPS) is 17.2. The van der Waals surface area contributed by atoms with Gasteiger partial charge in [0.25, 0.3) is 0 Å². The van der Waals surface area contributed by atoms with Gasteiger partial charge in [0.1, 0.15) is 6.33 Å². The number of hydrogen-bond donors (Lipinski definition) is 0. The van der Waals surface area contributed by atoms with Crippen LogP contribution >= 0.6 is 0 Å². The van der Waals surface area contributed by atoms with Gasteiger partial charge in [0, 0.05) is 19.2 Å². The monoisotopic (exact) mass is 203 g/mol. The molecule has 0 N–H and O–H groups in total. The van der Waals surface area contributed by atoms with Gasteiger partial charge >= 0.3 is 0 Å². The summed E-state index contributed by atoms with van der Waals surface area (Å²) in [5.41, 5.74) is 0.866. The van der Waals surface area contributed by atoms with E-state index in [0.717, 1.165) is 24.7 Å². The van der Waals surface area contributed by atoms with E-state index in [2.05, 4.69) is 20.0 Å². The van der Waals surface area contributed by atoms with E-state index in [1.807, 2.05) is 10.6 Å². The number of rotatable bonds is 1. The molecule has 0 aromatic carbocycles. The van der Waals surface area contributed by atoms with E-state index in [-0.39, 0.29) is 0 Å². The average molecular weight is 203 g/mol. The van der Waals surface area contributed by atoms with Crippen molar-refractivity contribution < 1.29 is 0 Å². The lowest BCUT2D eigenvalue weighted by atomic mass is 10.1. The van der Waals surface area contributed by atoms with Crippen molar-refractivity contribution in [1.82, 2.24) is 19.6 Å². The first-order chi connectivity index (χ1) is 7.45. The summed E-state index contributed by atoms with van der Waals surface area (Å²) >= 11 is 0. The predicted molar refractivity (Wildman–Crippen MR) is 56.8 cm³/mol. The third-order valence-electron chi connectivity index (χ3n) is 2.81. The highest BCUT2D eigenvalue weighted by molar-refractivity contribution is 5.43. The van der Waals surface area contributed by atoms with Crippen molar-refractivity contribution in [1.29, 1.82) is 0 Å². The van der Waals surface area contributed by atoms with Gasteiger partial charge in [0.2, 0.25) is 5.95 Å². The van der Waals surface area contributed by atoms with E-state index in [4.69, 9.17) is 0 Å². The molecule has 0 saturated carbocycles. The van der Waals surface area contributed by atoms with E-state index in [0.29, 0.717) is 0 Å². The van der Waals surface area contributed by atoms with Crippen molar-refractivity contribution in [2.24, 2.45) is 0 Å². The Morgan fingerprint density at radius 3 is 2.80 bits per heavy atom. The zero-order valence-electron chi connectivity index (χ0n) is 8.50. The Kier molecular flexibility index (Phi) is 2.01. The summed E-state index contributed by atoms with van der Waals surface area (Å²) in [6.45, 7) is 2.15. The number of nitrogens with zero attached hydrogens (tertiary/aromatic N) is 5. The second-order valence-electron chi connectivity index (χ2n) is 3.82. The molecule has 2 aromatic rings. The maximum Gasteiger partial charge on any atom is 0.230 e. The van der Waals surface area contributed by atoms with Gasteiger partial charge in [-0.15, -0.1) is 0 Å². The van der Waals surface area contributed by atoms with Crippen molar-refractivity contribution in [3.8, 4) is 0 Å². The predicted octanol–water partition coefficient (Wildman–Crippen LogP) is 1.11. The topological polar surface area (TPSA) is 46.3 Å². The lowest BCUT2D eigenvalue weighted by molar-refractivity contribution is 0.561. The second kappa shape index (κ2) is 3.49. The smallest absolute Gasteiger partial charge is 0.230 e. The Labute approximate surface area is 87.8 Å². The van der Waals surface area contributed by atoms with Gasteiger partial charge in [0.05, 0.1) is 6.20 Å². The Balaban J connectivity index is 2.05. The molecule has 0 bridgehead atoms. The quantitative estimate of drug-likeness (QED) is 0.696. The van der Waals surface area contributed by atoms with Crippen LogP contribution in [0.2, 0.25) is 0 Å². The maximum absolute atomic E-state index is 4.32. The summed E-state index contributed by atoms with van der Waals surface area (Å²) in [5.74, 6) is 0.921. The van der Waals surface area contributed by atoms with Crippen molar-refractivity contribution in [3.05, 3.63) is 18.6 Å². The number of hydrogen-bond acceptors (Lipinski definition) is 4. The zero-order valence-corrected chi connectivity index (χ0v) is 8.50. The number of fused-ring (bicyclic) bond motifs is 1. The van der Waals surface area contributed by atoms with Gasteiger partial charge in [0.15, 0.2) is 5.65 Å². The lowest BCUT2D eigenvalue weighted by Gasteiger charge is -2.27. The van der Waals surface area contributed by atoms with Gasteiger partial charge in [-0.1, -0.05) is 0 Å². The highest BCUT2D eigenvalue weighted by Gasteiger charge is 2.15. The summed E-state index contributed by atoms with van der Waals surface area (Å²) in [6, 6.07) is 1.90. The zero-order chi connectivity index (χ0) is 10.1. The Bertz CT molecular complexity index is 458. The van der Waals surface area contributed by atoms with Crippen LogP contribution in [0.15, 0.2) is 18.6 Å². The second-order valence-corrected chi connectivity index (χ2v) is 3.82. The molecule has 78 valence electrons. The molecule has 0 unspecified atom stereocenters. The molecule has 0 atom stereocenters. The van der Waals surface area contributed by atoms with Gasteiger partial charge in [-0.25, -0.2) is 9.97 Å². The molecule has 0 radical (unpaired) electrons. The standard InChI is InChI=1S/C10H13N5/c1-2-6-14(7-3-1)10-12-8-11-9-4-5-13-15(9)10/h4-5,8H,1-3,6-7H2. The fraction of sp³-hybridized carbons (Fsp3) is 0.500. The summed E-state index contributed by atoms with van der Waals surface area (Å²) in [7, 11) is 0. The summed E-state index contributed by atoms with van der Waals surface area (Å²) in [4.78, 5) is 10.8. The van der Waals surface area contributed by atoms with Crippen molar-refractivity contribution in [2.75, 3.05) is 18.0 Å². The third kappa shape index (κ3) is 1.44. The Morgan fingerprint density at radius 2 is 1.93 bits per heavy atom. The SMILES string of the molecule is c1nc(N2CCCCC2)n2nccc2n1. The number of piperidine rings is 1. The molecule has 3 rings (SSSR count). The van der Waals surface area contributed by atoms with Gasteiger partial charge in [-0.3, -0.25) is 0 Å². The first-order valence-corrected chi connectivity index (χ1v) is 5.35. The van der Waals surface area contributed by atoms with Gasteiger partial charge in [-0.05, 0) is 19.3 Å². The first kappa shape index (κ1) is 8.64. The highest BCUT2D eigenvalue weighted by Crippen LogP contribution is 2.16. The molecule has 0 amide bonds. The van der Waals surface area contributed by atoms with E-state index >= 15 is 0 Å². The molecule has 0 aliphatic carbocycles. The van der Waals surface area contributed by atoms with Crippen LogP contribution in [0.1, 0.15) is 19.3 Å². The van der Waals surface area contributed by atoms with Crippen LogP contribution in [-0.4, -0.2) is 32.7 Å².